The Labute approximate surface area is 165 Å². The summed E-state index contributed by atoms with van der Waals surface area (Å²) in [6.07, 6.45) is 6.66. The molecule has 3 N–H and O–H groups in total. The van der Waals surface area contributed by atoms with E-state index in [0.29, 0.717) is 34.8 Å². The Morgan fingerprint density at radius 3 is 2.11 bits per heavy atom. The number of hydrogen-bond acceptors (Lipinski definition) is 4. The molecule has 1 aromatic rings. The number of hydrogen-bond donors (Lipinski definition) is 3. The first-order valence-electron chi connectivity index (χ1n) is 10.2. The fourth-order valence-corrected chi connectivity index (χ4v) is 5.95. The van der Waals surface area contributed by atoms with Gasteiger partial charge in [-0.15, -0.1) is 0 Å². The third kappa shape index (κ3) is 3.42. The molecule has 1 aromatic heterocycles. The van der Waals surface area contributed by atoms with Crippen molar-refractivity contribution in [3.8, 4) is 0 Å². The van der Waals surface area contributed by atoms with E-state index in [0.717, 1.165) is 19.3 Å². The van der Waals surface area contributed by atoms with Crippen LogP contribution in [0.25, 0.3) is 0 Å². The quantitative estimate of drug-likeness (QED) is 0.691. The lowest BCUT2D eigenvalue weighted by Crippen LogP contribution is -2.57. The molecule has 0 spiro atoms. The van der Waals surface area contributed by atoms with Crippen molar-refractivity contribution in [3.05, 3.63) is 23.2 Å². The van der Waals surface area contributed by atoms with Gasteiger partial charge in [-0.3, -0.25) is 25.2 Å². The normalized spacial score (nSPS) is 31.3. The molecule has 4 saturated carbocycles. The molecular formula is C21H29N3O4. The van der Waals surface area contributed by atoms with Crippen molar-refractivity contribution in [2.24, 2.45) is 23.2 Å². The topological polar surface area (TPSA) is 100 Å². The van der Waals surface area contributed by atoms with E-state index in [1.807, 2.05) is 0 Å². The van der Waals surface area contributed by atoms with Crippen molar-refractivity contribution >= 4 is 17.7 Å². The van der Waals surface area contributed by atoms with E-state index < -0.39 is 17.9 Å². The van der Waals surface area contributed by atoms with Gasteiger partial charge in [-0.1, -0.05) is 0 Å². The molecule has 0 aromatic carbocycles. The van der Waals surface area contributed by atoms with Crippen LogP contribution in [-0.2, 0) is 9.59 Å². The SMILES string of the molecule is Cc1cc(C(=O)NNC(=O)[C@H](C)NC(=O)C23CC4CC(CC(C4)C2)C3)c(C)o1. The molecule has 0 radical (unpaired) electrons. The Bertz CT molecular complexity index is 777. The highest BCUT2D eigenvalue weighted by molar-refractivity contribution is 5.97. The molecule has 4 aliphatic rings. The van der Waals surface area contributed by atoms with E-state index in [2.05, 4.69) is 16.2 Å². The molecule has 5 rings (SSSR count). The summed E-state index contributed by atoms with van der Waals surface area (Å²) in [5.74, 6) is 2.25. The van der Waals surface area contributed by atoms with Crippen LogP contribution in [0.15, 0.2) is 10.5 Å². The van der Waals surface area contributed by atoms with Crippen molar-refractivity contribution in [2.75, 3.05) is 0 Å². The van der Waals surface area contributed by atoms with Crippen LogP contribution in [0.1, 0.15) is 67.3 Å². The maximum absolute atomic E-state index is 13.0. The summed E-state index contributed by atoms with van der Waals surface area (Å²) in [6.45, 7) is 5.09. The van der Waals surface area contributed by atoms with E-state index in [1.165, 1.54) is 19.3 Å². The Morgan fingerprint density at radius 2 is 1.61 bits per heavy atom. The molecular weight excluding hydrogens is 358 g/mol. The third-order valence-corrected chi connectivity index (χ3v) is 6.85. The average molecular weight is 387 g/mol. The molecule has 4 bridgehead atoms. The third-order valence-electron chi connectivity index (χ3n) is 6.85. The number of carbonyl (C=O) groups is 3. The van der Waals surface area contributed by atoms with Crippen LogP contribution in [0, 0.1) is 37.0 Å². The lowest BCUT2D eigenvalue weighted by Gasteiger charge is -2.55. The maximum Gasteiger partial charge on any atom is 0.273 e. The van der Waals surface area contributed by atoms with Gasteiger partial charge < -0.3 is 9.73 Å². The molecule has 4 fully saturated rings. The minimum absolute atomic E-state index is 0.00174. The van der Waals surface area contributed by atoms with Gasteiger partial charge in [0.05, 0.1) is 5.56 Å². The molecule has 1 atom stereocenters. The lowest BCUT2D eigenvalue weighted by atomic mass is 9.49. The average Bonchev–Trinajstić information content (AvgIpc) is 2.96. The second-order valence-corrected chi connectivity index (χ2v) is 9.16. The van der Waals surface area contributed by atoms with Gasteiger partial charge in [-0.2, -0.15) is 0 Å². The molecule has 3 amide bonds. The first-order valence-corrected chi connectivity index (χ1v) is 10.2. The van der Waals surface area contributed by atoms with Gasteiger partial charge in [-0.05, 0) is 83.1 Å². The van der Waals surface area contributed by atoms with Gasteiger partial charge in [0, 0.05) is 5.41 Å². The monoisotopic (exact) mass is 387 g/mol. The zero-order valence-electron chi connectivity index (χ0n) is 16.8. The van der Waals surface area contributed by atoms with Crippen LogP contribution < -0.4 is 16.2 Å². The van der Waals surface area contributed by atoms with Crippen LogP contribution >= 0.6 is 0 Å². The van der Waals surface area contributed by atoms with Crippen LogP contribution in [0.4, 0.5) is 0 Å². The van der Waals surface area contributed by atoms with Gasteiger partial charge in [0.25, 0.3) is 11.8 Å². The lowest BCUT2D eigenvalue weighted by molar-refractivity contribution is -0.148. The summed E-state index contributed by atoms with van der Waals surface area (Å²) >= 11 is 0. The van der Waals surface area contributed by atoms with Gasteiger partial charge in [0.1, 0.15) is 17.6 Å². The Morgan fingerprint density at radius 1 is 1.04 bits per heavy atom. The van der Waals surface area contributed by atoms with Crippen molar-refractivity contribution in [1.29, 1.82) is 0 Å². The molecule has 7 nitrogen and oxygen atoms in total. The summed E-state index contributed by atoms with van der Waals surface area (Å²) in [7, 11) is 0. The fraction of sp³-hybridized carbons (Fsp3) is 0.667. The standard InChI is InChI=1S/C21H29N3O4/c1-11-4-17(13(3)28-11)19(26)24-23-18(25)12(2)22-20(27)21-8-14-5-15(9-21)7-16(6-14)10-21/h4,12,14-16H,5-10H2,1-3H3,(H,22,27)(H,23,25)(H,24,26)/t12-,14?,15?,16?,21?/m0/s1. The van der Waals surface area contributed by atoms with Crippen molar-refractivity contribution in [3.63, 3.8) is 0 Å². The van der Waals surface area contributed by atoms with E-state index in [1.54, 1.807) is 26.8 Å². The largest absolute Gasteiger partial charge is 0.466 e. The summed E-state index contributed by atoms with van der Waals surface area (Å²) in [6, 6.07) is 0.905. The highest BCUT2D eigenvalue weighted by atomic mass is 16.3. The van der Waals surface area contributed by atoms with Crippen LogP contribution in [-0.4, -0.2) is 23.8 Å². The van der Waals surface area contributed by atoms with E-state index in [4.69, 9.17) is 4.42 Å². The smallest absolute Gasteiger partial charge is 0.273 e. The summed E-state index contributed by atoms with van der Waals surface area (Å²) in [4.78, 5) is 37.6. The molecule has 1 heterocycles. The number of rotatable bonds is 4. The zero-order chi connectivity index (χ0) is 20.1. The van der Waals surface area contributed by atoms with Gasteiger partial charge in [0.15, 0.2) is 0 Å². The number of furan rings is 1. The molecule has 28 heavy (non-hydrogen) atoms. The number of hydrazine groups is 1. The molecule has 7 heteroatoms. The minimum Gasteiger partial charge on any atom is -0.466 e. The van der Waals surface area contributed by atoms with Gasteiger partial charge in [-0.25, -0.2) is 0 Å². The molecule has 0 unspecified atom stereocenters. The Hall–Kier alpha value is -2.31. The van der Waals surface area contributed by atoms with Crippen molar-refractivity contribution in [1.82, 2.24) is 16.2 Å². The van der Waals surface area contributed by atoms with Gasteiger partial charge in [0.2, 0.25) is 5.91 Å². The van der Waals surface area contributed by atoms with Crippen molar-refractivity contribution in [2.45, 2.75) is 65.3 Å². The second kappa shape index (κ2) is 6.94. The predicted octanol–water partition coefficient (Wildman–Crippen LogP) is 2.38. The summed E-state index contributed by atoms with van der Waals surface area (Å²) in [5, 5.41) is 2.89. The summed E-state index contributed by atoms with van der Waals surface area (Å²) < 4.78 is 5.33. The van der Waals surface area contributed by atoms with E-state index >= 15 is 0 Å². The number of amides is 3. The highest BCUT2D eigenvalue weighted by Crippen LogP contribution is 2.60. The Kier molecular flexibility index (Phi) is 4.71. The predicted molar refractivity (Wildman–Crippen MR) is 102 cm³/mol. The minimum atomic E-state index is -0.715. The van der Waals surface area contributed by atoms with Crippen LogP contribution in [0.2, 0.25) is 0 Å². The van der Waals surface area contributed by atoms with Crippen LogP contribution in [0.5, 0.6) is 0 Å². The molecule has 4 aliphatic carbocycles. The summed E-state index contributed by atoms with van der Waals surface area (Å²) in [5.41, 5.74) is 4.88. The molecule has 152 valence electrons. The molecule has 0 saturated heterocycles. The zero-order valence-corrected chi connectivity index (χ0v) is 16.8. The maximum atomic E-state index is 13.0. The second-order valence-electron chi connectivity index (χ2n) is 9.16. The van der Waals surface area contributed by atoms with E-state index in [-0.39, 0.29) is 11.3 Å². The van der Waals surface area contributed by atoms with E-state index in [9.17, 15) is 14.4 Å². The molecule has 0 aliphatic heterocycles. The highest BCUT2D eigenvalue weighted by Gasteiger charge is 2.54. The Balaban J connectivity index is 1.31. The first-order chi connectivity index (χ1) is 13.3. The number of carbonyl (C=O) groups excluding carboxylic acids is 3. The fourth-order valence-electron chi connectivity index (χ4n) is 5.95. The number of nitrogens with one attached hydrogen (secondary N) is 3. The van der Waals surface area contributed by atoms with Gasteiger partial charge >= 0.3 is 0 Å². The first kappa shape index (κ1) is 19.0. The van der Waals surface area contributed by atoms with Crippen LogP contribution in [0.3, 0.4) is 0 Å². The number of aryl methyl sites for hydroxylation is 2. The van der Waals surface area contributed by atoms with Crippen molar-refractivity contribution < 1.29 is 18.8 Å².